The number of benzene rings is 2. The van der Waals surface area contributed by atoms with Crippen LogP contribution in [0.25, 0.3) is 5.76 Å². The highest BCUT2D eigenvalue weighted by atomic mass is 16.5. The number of para-hydroxylation sites is 4. The fraction of sp³-hybridized carbons (Fsp3) is 0. The summed E-state index contributed by atoms with van der Waals surface area (Å²) in [5, 5.41) is 9.77. The van der Waals surface area contributed by atoms with E-state index in [1.807, 2.05) is 59.5 Å². The average molecular weight is 330 g/mol. The molecule has 4 rings (SSSR count). The third-order valence-corrected chi connectivity index (χ3v) is 3.93. The zero-order valence-electron chi connectivity index (χ0n) is 13.2. The summed E-state index contributed by atoms with van der Waals surface area (Å²) in [6, 6.07) is 19.0. The molecule has 0 saturated heterocycles. The molecule has 25 heavy (non-hydrogen) atoms. The van der Waals surface area contributed by atoms with E-state index < -0.39 is 0 Å². The van der Waals surface area contributed by atoms with Crippen LogP contribution in [0.15, 0.2) is 72.9 Å². The monoisotopic (exact) mass is 330 g/mol. The topological polar surface area (TPSA) is 62.7 Å². The maximum atomic E-state index is 10.5. The quantitative estimate of drug-likeness (QED) is 0.333. The van der Waals surface area contributed by atoms with Gasteiger partial charge in [0, 0.05) is 6.08 Å². The summed E-state index contributed by atoms with van der Waals surface area (Å²) in [4.78, 5) is 16.8. The average Bonchev–Trinajstić information content (AvgIpc) is 2.66. The molecule has 0 atom stereocenters. The van der Waals surface area contributed by atoms with Crippen molar-refractivity contribution in [2.24, 2.45) is 0 Å². The van der Waals surface area contributed by atoms with Gasteiger partial charge in [-0.1, -0.05) is 24.3 Å². The van der Waals surface area contributed by atoms with Crippen molar-refractivity contribution in [1.82, 2.24) is 4.98 Å². The van der Waals surface area contributed by atoms with E-state index in [0.717, 1.165) is 34.6 Å². The van der Waals surface area contributed by atoms with E-state index >= 15 is 0 Å². The van der Waals surface area contributed by atoms with Gasteiger partial charge in [0.25, 0.3) is 0 Å². The summed E-state index contributed by atoms with van der Waals surface area (Å²) in [5.74, 6) is 1.35. The Hall–Kier alpha value is -3.60. The second-order valence-corrected chi connectivity index (χ2v) is 5.46. The standard InChI is InChI=1S/C20H14N2O3/c23-12-11-18(24)15-10-9-14(13-21-15)22-16-5-1-3-7-19(16)25-20-8-4-2-6-17(20)22/h1-13,24H. The van der Waals surface area contributed by atoms with E-state index in [0.29, 0.717) is 12.0 Å². The number of aromatic nitrogens is 1. The molecule has 3 aromatic rings. The Morgan fingerprint density at radius 3 is 2.16 bits per heavy atom. The first-order chi connectivity index (χ1) is 12.3. The van der Waals surface area contributed by atoms with Crippen LogP contribution >= 0.6 is 0 Å². The Morgan fingerprint density at radius 1 is 0.960 bits per heavy atom. The second kappa shape index (κ2) is 6.13. The van der Waals surface area contributed by atoms with Crippen LogP contribution < -0.4 is 9.64 Å². The minimum Gasteiger partial charge on any atom is -0.506 e. The van der Waals surface area contributed by atoms with Crippen molar-refractivity contribution in [3.8, 4) is 11.5 Å². The molecule has 1 aromatic heterocycles. The van der Waals surface area contributed by atoms with E-state index in [4.69, 9.17) is 4.74 Å². The maximum absolute atomic E-state index is 10.5. The highest BCUT2D eigenvalue weighted by Gasteiger charge is 2.25. The molecule has 0 saturated carbocycles. The number of aliphatic hydroxyl groups excluding tert-OH is 1. The zero-order chi connectivity index (χ0) is 17.2. The van der Waals surface area contributed by atoms with E-state index in [2.05, 4.69) is 4.98 Å². The number of aliphatic hydroxyl groups is 1. The summed E-state index contributed by atoms with van der Waals surface area (Å²) in [7, 11) is 0. The molecule has 122 valence electrons. The number of anilines is 3. The first-order valence-corrected chi connectivity index (χ1v) is 7.75. The van der Waals surface area contributed by atoms with E-state index in [9.17, 15) is 9.90 Å². The molecule has 0 fully saturated rings. The summed E-state index contributed by atoms with van der Waals surface area (Å²) < 4.78 is 5.97. The van der Waals surface area contributed by atoms with Crippen LogP contribution in [0.4, 0.5) is 17.1 Å². The summed E-state index contributed by atoms with van der Waals surface area (Å²) in [6.07, 6.45) is 3.25. The lowest BCUT2D eigenvalue weighted by Gasteiger charge is -2.32. The molecular weight excluding hydrogens is 316 g/mol. The van der Waals surface area contributed by atoms with Gasteiger partial charge in [-0.05, 0) is 36.4 Å². The van der Waals surface area contributed by atoms with Crippen molar-refractivity contribution in [1.29, 1.82) is 0 Å². The molecule has 0 unspecified atom stereocenters. The largest absolute Gasteiger partial charge is 0.506 e. The van der Waals surface area contributed by atoms with Gasteiger partial charge < -0.3 is 14.7 Å². The number of fused-ring (bicyclic) bond motifs is 2. The van der Waals surface area contributed by atoms with Crippen LogP contribution in [0, 0.1) is 0 Å². The van der Waals surface area contributed by atoms with Crippen LogP contribution in [0.5, 0.6) is 11.5 Å². The minimum absolute atomic E-state index is 0.163. The fourth-order valence-corrected chi connectivity index (χ4v) is 2.80. The number of rotatable bonds is 3. The van der Waals surface area contributed by atoms with Crippen LogP contribution in [0.1, 0.15) is 5.69 Å². The van der Waals surface area contributed by atoms with Gasteiger partial charge in [0.1, 0.15) is 17.7 Å². The van der Waals surface area contributed by atoms with Gasteiger partial charge in [-0.3, -0.25) is 9.78 Å². The van der Waals surface area contributed by atoms with Crippen LogP contribution in [0.3, 0.4) is 0 Å². The van der Waals surface area contributed by atoms with Crippen molar-refractivity contribution in [2.75, 3.05) is 4.90 Å². The molecule has 1 aliphatic heterocycles. The molecule has 5 heteroatoms. The lowest BCUT2D eigenvalue weighted by molar-refractivity contribution is -0.104. The van der Waals surface area contributed by atoms with Crippen LogP contribution in [-0.4, -0.2) is 16.4 Å². The number of aldehydes is 1. The summed E-state index contributed by atoms with van der Waals surface area (Å²) in [6.45, 7) is 0. The molecule has 2 aromatic carbocycles. The van der Waals surface area contributed by atoms with Gasteiger partial charge in [0.05, 0.1) is 23.3 Å². The Bertz CT molecular complexity index is 919. The van der Waals surface area contributed by atoms with E-state index in [1.165, 1.54) is 0 Å². The number of carbonyl (C=O) groups is 1. The smallest absolute Gasteiger partial charge is 0.151 e. The Kier molecular flexibility index (Phi) is 3.67. The molecule has 1 N–H and O–H groups in total. The number of pyridine rings is 1. The number of allylic oxidation sites excluding steroid dienone is 1. The molecular formula is C20H14N2O3. The second-order valence-electron chi connectivity index (χ2n) is 5.46. The SMILES string of the molecule is O=CC=C(O)c1ccc(N2c3ccccc3Oc3ccccc32)cn1. The first-order valence-electron chi connectivity index (χ1n) is 7.75. The van der Waals surface area contributed by atoms with Gasteiger partial charge in [0.15, 0.2) is 11.5 Å². The Labute approximate surface area is 144 Å². The first kappa shape index (κ1) is 15.0. The van der Waals surface area contributed by atoms with Crippen LogP contribution in [-0.2, 0) is 4.79 Å². The van der Waals surface area contributed by atoms with Gasteiger partial charge in [-0.15, -0.1) is 0 Å². The van der Waals surface area contributed by atoms with Gasteiger partial charge in [-0.2, -0.15) is 0 Å². The predicted molar refractivity (Wildman–Crippen MR) is 95.7 cm³/mol. The van der Waals surface area contributed by atoms with E-state index in [-0.39, 0.29) is 5.76 Å². The predicted octanol–water partition coefficient (Wildman–Crippen LogP) is 4.75. The molecule has 1 aliphatic rings. The zero-order valence-corrected chi connectivity index (χ0v) is 13.2. The lowest BCUT2D eigenvalue weighted by atomic mass is 10.1. The number of nitrogens with zero attached hydrogens (tertiary/aromatic N) is 2. The highest BCUT2D eigenvalue weighted by molar-refractivity contribution is 5.86. The maximum Gasteiger partial charge on any atom is 0.151 e. The molecule has 5 nitrogen and oxygen atoms in total. The number of carbonyl (C=O) groups excluding carboxylic acids is 1. The van der Waals surface area contributed by atoms with Crippen molar-refractivity contribution in [2.45, 2.75) is 0 Å². The Morgan fingerprint density at radius 2 is 1.60 bits per heavy atom. The van der Waals surface area contributed by atoms with Gasteiger partial charge >= 0.3 is 0 Å². The number of hydrogen-bond donors (Lipinski definition) is 1. The lowest BCUT2D eigenvalue weighted by Crippen LogP contribution is -2.15. The molecule has 0 radical (unpaired) electrons. The van der Waals surface area contributed by atoms with Crippen molar-refractivity contribution in [3.63, 3.8) is 0 Å². The van der Waals surface area contributed by atoms with E-state index in [1.54, 1.807) is 12.3 Å². The van der Waals surface area contributed by atoms with Gasteiger partial charge in [0.2, 0.25) is 0 Å². The molecule has 0 bridgehead atoms. The van der Waals surface area contributed by atoms with Gasteiger partial charge in [-0.25, -0.2) is 0 Å². The minimum atomic E-state index is -0.163. The highest BCUT2D eigenvalue weighted by Crippen LogP contribution is 2.49. The fourth-order valence-electron chi connectivity index (χ4n) is 2.80. The van der Waals surface area contributed by atoms with Crippen molar-refractivity contribution >= 4 is 29.1 Å². The summed E-state index contributed by atoms with van der Waals surface area (Å²) in [5.41, 5.74) is 2.98. The van der Waals surface area contributed by atoms with Crippen LogP contribution in [0.2, 0.25) is 0 Å². The number of ether oxygens (including phenoxy) is 1. The molecule has 0 spiro atoms. The van der Waals surface area contributed by atoms with Crippen molar-refractivity contribution < 1.29 is 14.6 Å². The third-order valence-electron chi connectivity index (χ3n) is 3.93. The Balaban J connectivity index is 1.82. The summed E-state index contributed by atoms with van der Waals surface area (Å²) >= 11 is 0. The molecule has 0 amide bonds. The molecule has 0 aliphatic carbocycles. The normalized spacial score (nSPS) is 12.8. The third kappa shape index (κ3) is 2.61. The number of hydrogen-bond acceptors (Lipinski definition) is 5. The van der Waals surface area contributed by atoms with Crippen molar-refractivity contribution in [3.05, 3.63) is 78.6 Å². The molecule has 2 heterocycles.